The maximum atomic E-state index is 11.2. The zero-order chi connectivity index (χ0) is 15.1. The van der Waals surface area contributed by atoms with Crippen LogP contribution in [0.15, 0.2) is 36.7 Å². The van der Waals surface area contributed by atoms with Crippen LogP contribution in [0.25, 0.3) is 0 Å². The third kappa shape index (κ3) is 4.17. The molecule has 0 amide bonds. The van der Waals surface area contributed by atoms with Crippen LogP contribution >= 0.6 is 0 Å². The molecule has 0 saturated carbocycles. The van der Waals surface area contributed by atoms with E-state index in [0.29, 0.717) is 24.0 Å². The Hall–Kier alpha value is -2.63. The van der Waals surface area contributed by atoms with Crippen LogP contribution in [0.3, 0.4) is 0 Å². The Morgan fingerprint density at radius 1 is 1.33 bits per heavy atom. The minimum absolute atomic E-state index is 0.185. The summed E-state index contributed by atoms with van der Waals surface area (Å²) in [5.41, 5.74) is 0.660. The molecule has 0 aliphatic heterocycles. The number of nitrogens with one attached hydrogen (secondary N) is 1. The summed E-state index contributed by atoms with van der Waals surface area (Å²) >= 11 is 0. The molecule has 0 atom stereocenters. The maximum Gasteiger partial charge on any atom is 0.337 e. The highest BCUT2D eigenvalue weighted by atomic mass is 16.5. The summed E-state index contributed by atoms with van der Waals surface area (Å²) in [6.07, 6.45) is 3.38. The second kappa shape index (κ2) is 7.23. The molecule has 0 radical (unpaired) electrons. The van der Waals surface area contributed by atoms with Gasteiger partial charge in [-0.1, -0.05) is 25.5 Å². The highest BCUT2D eigenvalue weighted by Crippen LogP contribution is 2.21. The van der Waals surface area contributed by atoms with E-state index < -0.39 is 5.97 Å². The number of nitrogens with zero attached hydrogens (tertiary/aromatic N) is 2. The Balaban J connectivity index is 2.13. The topological polar surface area (TPSA) is 84.3 Å². The summed E-state index contributed by atoms with van der Waals surface area (Å²) in [4.78, 5) is 19.2. The fourth-order valence-electron chi connectivity index (χ4n) is 1.72. The number of hydrogen-bond donors (Lipinski definition) is 2. The summed E-state index contributed by atoms with van der Waals surface area (Å²) in [5, 5.41) is 12.1. The zero-order valence-corrected chi connectivity index (χ0v) is 11.7. The number of unbranched alkanes of at least 4 members (excludes halogenated alkanes) is 1. The van der Waals surface area contributed by atoms with Crippen molar-refractivity contribution in [3.8, 4) is 5.88 Å². The molecule has 2 rings (SSSR count). The second-order valence-electron chi connectivity index (χ2n) is 4.42. The monoisotopic (exact) mass is 287 g/mol. The number of rotatable bonds is 7. The SMILES string of the molecule is CCCCOc1cc(Nc2ccccc2C(=O)O)ncn1. The highest BCUT2D eigenvalue weighted by Gasteiger charge is 2.10. The zero-order valence-electron chi connectivity index (χ0n) is 11.7. The van der Waals surface area contributed by atoms with Gasteiger partial charge in [-0.2, -0.15) is 0 Å². The van der Waals surface area contributed by atoms with E-state index in [1.807, 2.05) is 0 Å². The van der Waals surface area contributed by atoms with Crippen molar-refractivity contribution in [3.05, 3.63) is 42.2 Å². The molecule has 21 heavy (non-hydrogen) atoms. The number of carboxylic acid groups (broad SMARTS) is 1. The standard InChI is InChI=1S/C15H17N3O3/c1-2-3-8-21-14-9-13(16-10-17-14)18-12-7-5-4-6-11(12)15(19)20/h4-7,9-10H,2-3,8H2,1H3,(H,19,20)(H,16,17,18). The lowest BCUT2D eigenvalue weighted by atomic mass is 10.2. The summed E-state index contributed by atoms with van der Waals surface area (Å²) < 4.78 is 5.50. The van der Waals surface area contributed by atoms with Crippen molar-refractivity contribution < 1.29 is 14.6 Å². The van der Waals surface area contributed by atoms with Crippen molar-refractivity contribution in [1.82, 2.24) is 9.97 Å². The van der Waals surface area contributed by atoms with Gasteiger partial charge in [0.15, 0.2) is 0 Å². The minimum Gasteiger partial charge on any atom is -0.478 e. The van der Waals surface area contributed by atoms with Gasteiger partial charge in [-0.3, -0.25) is 0 Å². The summed E-state index contributed by atoms with van der Waals surface area (Å²) in [6, 6.07) is 8.30. The molecular weight excluding hydrogens is 270 g/mol. The van der Waals surface area contributed by atoms with Crippen molar-refractivity contribution in [2.24, 2.45) is 0 Å². The van der Waals surface area contributed by atoms with Crippen molar-refractivity contribution in [2.75, 3.05) is 11.9 Å². The van der Waals surface area contributed by atoms with Gasteiger partial charge in [0.25, 0.3) is 0 Å². The third-order valence-electron chi connectivity index (χ3n) is 2.81. The molecule has 110 valence electrons. The number of benzene rings is 1. The number of carbonyl (C=O) groups is 1. The fraction of sp³-hybridized carbons (Fsp3) is 0.267. The molecule has 0 bridgehead atoms. The maximum absolute atomic E-state index is 11.2. The first kappa shape index (κ1) is 14.8. The van der Waals surface area contributed by atoms with E-state index >= 15 is 0 Å². The second-order valence-corrected chi connectivity index (χ2v) is 4.42. The smallest absolute Gasteiger partial charge is 0.337 e. The van der Waals surface area contributed by atoms with E-state index in [4.69, 9.17) is 9.84 Å². The Morgan fingerprint density at radius 2 is 2.14 bits per heavy atom. The molecule has 2 N–H and O–H groups in total. The van der Waals surface area contributed by atoms with Crippen molar-refractivity contribution >= 4 is 17.5 Å². The van der Waals surface area contributed by atoms with Gasteiger partial charge >= 0.3 is 5.97 Å². The lowest BCUT2D eigenvalue weighted by Gasteiger charge is -2.09. The van der Waals surface area contributed by atoms with E-state index in [2.05, 4.69) is 22.2 Å². The molecule has 0 aliphatic rings. The third-order valence-corrected chi connectivity index (χ3v) is 2.81. The number of para-hydroxylation sites is 1. The number of ether oxygens (including phenoxy) is 1. The molecule has 0 saturated heterocycles. The first-order chi connectivity index (χ1) is 10.2. The molecule has 0 unspecified atom stereocenters. The highest BCUT2D eigenvalue weighted by molar-refractivity contribution is 5.94. The van der Waals surface area contributed by atoms with Gasteiger partial charge in [0.1, 0.15) is 12.1 Å². The quantitative estimate of drug-likeness (QED) is 0.761. The normalized spacial score (nSPS) is 10.1. The number of anilines is 2. The Bertz CT molecular complexity index is 617. The summed E-state index contributed by atoms with van der Waals surface area (Å²) in [7, 11) is 0. The van der Waals surface area contributed by atoms with Gasteiger partial charge in [-0.25, -0.2) is 14.8 Å². The number of aromatic nitrogens is 2. The van der Waals surface area contributed by atoms with Crippen LogP contribution < -0.4 is 10.1 Å². The molecule has 0 spiro atoms. The van der Waals surface area contributed by atoms with Gasteiger partial charge in [-0.05, 0) is 18.6 Å². The summed E-state index contributed by atoms with van der Waals surface area (Å²) in [6.45, 7) is 2.68. The van der Waals surface area contributed by atoms with E-state index in [1.165, 1.54) is 12.4 Å². The number of carboxylic acids is 1. The van der Waals surface area contributed by atoms with E-state index in [9.17, 15) is 4.79 Å². The lowest BCUT2D eigenvalue weighted by molar-refractivity contribution is 0.0698. The van der Waals surface area contributed by atoms with Crippen molar-refractivity contribution in [1.29, 1.82) is 0 Å². The van der Waals surface area contributed by atoms with Crippen molar-refractivity contribution in [2.45, 2.75) is 19.8 Å². The van der Waals surface area contributed by atoms with Crippen LogP contribution in [0.1, 0.15) is 30.1 Å². The molecule has 0 aliphatic carbocycles. The van der Waals surface area contributed by atoms with E-state index in [0.717, 1.165) is 12.8 Å². The van der Waals surface area contributed by atoms with Crippen LogP contribution in [0.2, 0.25) is 0 Å². The lowest BCUT2D eigenvalue weighted by Crippen LogP contribution is -2.04. The molecule has 2 aromatic rings. The molecule has 1 heterocycles. The number of aromatic carboxylic acids is 1. The Kier molecular flexibility index (Phi) is 5.09. The van der Waals surface area contributed by atoms with Crippen LogP contribution in [0.5, 0.6) is 5.88 Å². The van der Waals surface area contributed by atoms with Gasteiger partial charge in [-0.15, -0.1) is 0 Å². The first-order valence-electron chi connectivity index (χ1n) is 6.75. The average Bonchev–Trinajstić information content (AvgIpc) is 2.48. The Morgan fingerprint density at radius 3 is 2.90 bits per heavy atom. The van der Waals surface area contributed by atoms with Gasteiger partial charge in [0.05, 0.1) is 17.9 Å². The van der Waals surface area contributed by atoms with Gasteiger partial charge < -0.3 is 15.2 Å². The Labute approximate surface area is 122 Å². The van der Waals surface area contributed by atoms with Crippen LogP contribution in [0, 0.1) is 0 Å². The predicted molar refractivity (Wildman–Crippen MR) is 79.1 cm³/mol. The first-order valence-corrected chi connectivity index (χ1v) is 6.75. The van der Waals surface area contributed by atoms with Crippen LogP contribution in [-0.4, -0.2) is 27.7 Å². The van der Waals surface area contributed by atoms with Gasteiger partial charge in [0, 0.05) is 6.07 Å². The van der Waals surface area contributed by atoms with Crippen LogP contribution in [0.4, 0.5) is 11.5 Å². The largest absolute Gasteiger partial charge is 0.478 e. The van der Waals surface area contributed by atoms with Gasteiger partial charge in [0.2, 0.25) is 5.88 Å². The van der Waals surface area contributed by atoms with E-state index in [-0.39, 0.29) is 5.56 Å². The molecule has 6 nitrogen and oxygen atoms in total. The molecule has 6 heteroatoms. The summed E-state index contributed by atoms with van der Waals surface area (Å²) in [5.74, 6) is -0.0365. The molecule has 0 fully saturated rings. The minimum atomic E-state index is -0.994. The van der Waals surface area contributed by atoms with Crippen LogP contribution in [-0.2, 0) is 0 Å². The molecule has 1 aromatic carbocycles. The van der Waals surface area contributed by atoms with E-state index in [1.54, 1.807) is 24.3 Å². The van der Waals surface area contributed by atoms with Crippen molar-refractivity contribution in [3.63, 3.8) is 0 Å². The fourth-order valence-corrected chi connectivity index (χ4v) is 1.72. The number of hydrogen-bond acceptors (Lipinski definition) is 5. The average molecular weight is 287 g/mol. The molecular formula is C15H17N3O3. The molecule has 1 aromatic heterocycles. The predicted octanol–water partition coefficient (Wildman–Crippen LogP) is 3.10.